The van der Waals surface area contributed by atoms with Gasteiger partial charge in [-0.1, -0.05) is 168 Å². The van der Waals surface area contributed by atoms with E-state index in [0.29, 0.717) is 5.91 Å². The number of rotatable bonds is 11. The maximum absolute atomic E-state index is 5.29. The van der Waals surface area contributed by atoms with Gasteiger partial charge in [0.1, 0.15) is 0 Å². The van der Waals surface area contributed by atoms with Crippen LogP contribution in [-0.2, 0) is 52.4 Å². The Hall–Kier alpha value is -4.15. The van der Waals surface area contributed by atoms with Crippen molar-refractivity contribution >= 4 is 21.3 Å². The Morgan fingerprint density at radius 3 is 0.768 bits per heavy atom. The average Bonchev–Trinajstić information content (AvgIpc) is 0.952. The van der Waals surface area contributed by atoms with Gasteiger partial charge in [0.2, 0.25) is 0 Å². The summed E-state index contributed by atoms with van der Waals surface area (Å²) in [5.41, 5.74) is 13.2. The molecule has 11 rings (SSSR count). The van der Waals surface area contributed by atoms with Crippen molar-refractivity contribution in [3.63, 3.8) is 0 Å². The Balaban J connectivity index is 0.000000564. The minimum absolute atomic E-state index is 0. The molecule has 0 aliphatic heterocycles. The normalized spacial score (nSPS) is 15.3. The molecule has 0 saturated heterocycles. The third-order valence-electron chi connectivity index (χ3n) is 16.2. The molecule has 0 spiro atoms. The van der Waals surface area contributed by atoms with Crippen LogP contribution in [0.2, 0.25) is 0 Å². The standard InChI is InChI=1S/C20H38NP.C19H37N2P.7C7H7.2Zr/c1-5-12-19(21-20(2,3)4)22(17-13-8-6-9-14-17)18-15-10-7-11-16-18;1-5-20-18(21-19(2,3)4)22(16-12-8-6-9-13-16)17-14-10-7-11-15-17;7*1-7-5-3-2-4-6-7;;/h17-18H,5-16H2,1-4H3;16-18H,5-15H2,1-4H3;7*2-6H,1H2;;/q;-2;7*-1;;+4. The molecular weight excluding hydrogens is 1340 g/mol. The Morgan fingerprint density at radius 1 is 0.379 bits per heavy atom. The third kappa shape index (κ3) is 45.2. The van der Waals surface area contributed by atoms with Gasteiger partial charge in [-0.05, 0) is 101 Å². The largest absolute Gasteiger partial charge is 4.00 e. The maximum atomic E-state index is 5.29. The minimum atomic E-state index is -0.0640. The summed E-state index contributed by atoms with van der Waals surface area (Å²) in [6, 6.07) is 69.1. The molecule has 0 N–H and O–H groups in total. The van der Waals surface area contributed by atoms with E-state index < -0.39 is 0 Å². The van der Waals surface area contributed by atoms with Gasteiger partial charge in [-0.3, -0.25) is 4.99 Å². The zero-order chi connectivity index (χ0) is 67.8. The van der Waals surface area contributed by atoms with E-state index in [1.807, 2.05) is 212 Å². The molecule has 514 valence electrons. The van der Waals surface area contributed by atoms with Crippen LogP contribution in [0.1, 0.15) is 236 Å². The Kier molecular flexibility index (Phi) is 51.2. The van der Waals surface area contributed by atoms with Crippen molar-refractivity contribution in [2.75, 3.05) is 6.54 Å². The second-order valence-corrected chi connectivity index (χ2v) is 32.6. The fraction of sp³-hybridized carbons (Fsp3) is 0.432. The van der Waals surface area contributed by atoms with E-state index in [1.54, 1.807) is 5.45 Å². The van der Waals surface area contributed by atoms with Gasteiger partial charge in [0.05, 0.1) is 5.54 Å². The summed E-state index contributed by atoms with van der Waals surface area (Å²) in [5.74, 6) is 0.311. The average molecular weight is 1470 g/mol. The molecule has 4 aliphatic rings. The van der Waals surface area contributed by atoms with Gasteiger partial charge in [-0.15, -0.1) is 98.4 Å². The number of nitrogens with zero attached hydrogens (tertiary/aromatic N) is 3. The third-order valence-corrected chi connectivity index (χ3v) is 23.2. The predicted octanol–water partition coefficient (Wildman–Crippen LogP) is 27.2. The Morgan fingerprint density at radius 2 is 0.600 bits per heavy atom. The van der Waals surface area contributed by atoms with Crippen molar-refractivity contribution in [1.29, 1.82) is 0 Å². The topological polar surface area (TPSA) is 40.6 Å². The van der Waals surface area contributed by atoms with E-state index in [9.17, 15) is 0 Å². The van der Waals surface area contributed by atoms with Crippen molar-refractivity contribution in [3.8, 4) is 0 Å². The smallest absolute Gasteiger partial charge is 0.674 e. The van der Waals surface area contributed by atoms with Gasteiger partial charge >= 0.3 is 26.2 Å². The van der Waals surface area contributed by atoms with Crippen LogP contribution >= 0.6 is 15.8 Å². The molecular formula is C88H124N3P2Zr2-5. The Labute approximate surface area is 626 Å². The van der Waals surface area contributed by atoms with Crippen LogP contribution in [0.25, 0.3) is 10.6 Å². The zero-order valence-corrected chi connectivity index (χ0v) is 67.2. The number of hydrogen-bond donors (Lipinski definition) is 0. The first kappa shape index (κ1) is 88.9. The van der Waals surface area contributed by atoms with Gasteiger partial charge in [0.25, 0.3) is 0 Å². The van der Waals surface area contributed by atoms with E-state index in [0.717, 1.165) is 68.1 Å². The van der Waals surface area contributed by atoms with Crippen molar-refractivity contribution in [3.05, 3.63) is 310 Å². The molecule has 7 aromatic carbocycles. The number of hydrogen-bond acceptors (Lipinski definition) is 1. The molecule has 0 heterocycles. The molecule has 4 fully saturated rings. The van der Waals surface area contributed by atoms with Crippen LogP contribution in [0.15, 0.2) is 217 Å². The molecule has 1 unspecified atom stereocenters. The fourth-order valence-electron chi connectivity index (χ4n) is 11.8. The predicted molar refractivity (Wildman–Crippen MR) is 421 cm³/mol. The first-order valence-electron chi connectivity index (χ1n) is 35.4. The number of benzene rings is 7. The van der Waals surface area contributed by atoms with Gasteiger partial charge in [-0.2, -0.15) is 179 Å². The molecule has 7 heteroatoms. The first-order chi connectivity index (χ1) is 44.8. The zero-order valence-electron chi connectivity index (χ0n) is 60.5. The summed E-state index contributed by atoms with van der Waals surface area (Å²) in [6.45, 7) is 45.1. The van der Waals surface area contributed by atoms with Crippen LogP contribution in [0.5, 0.6) is 0 Å². The summed E-state index contributed by atoms with van der Waals surface area (Å²) >= 11 is 0. The minimum Gasteiger partial charge on any atom is -0.674 e. The van der Waals surface area contributed by atoms with Crippen LogP contribution in [0, 0.1) is 48.5 Å². The molecule has 4 aliphatic carbocycles. The molecule has 95 heavy (non-hydrogen) atoms. The van der Waals surface area contributed by atoms with Crippen molar-refractivity contribution in [1.82, 2.24) is 0 Å². The molecule has 0 amide bonds. The monoisotopic (exact) mass is 1460 g/mol. The second-order valence-electron chi connectivity index (χ2n) is 27.0. The summed E-state index contributed by atoms with van der Waals surface area (Å²) in [6.07, 6.45) is 31.9. The fourth-order valence-corrected chi connectivity index (χ4v) is 20.1. The second kappa shape index (κ2) is 54.7. The summed E-state index contributed by atoms with van der Waals surface area (Å²) in [5, 5.41) is 10.2. The van der Waals surface area contributed by atoms with E-state index >= 15 is 0 Å². The molecule has 0 aromatic heterocycles. The van der Waals surface area contributed by atoms with Crippen molar-refractivity contribution in [2.45, 2.75) is 236 Å². The summed E-state index contributed by atoms with van der Waals surface area (Å²) < 4.78 is 0. The maximum Gasteiger partial charge on any atom is 4.00 e. The van der Waals surface area contributed by atoms with Crippen LogP contribution in [0.3, 0.4) is 0 Å². The van der Waals surface area contributed by atoms with E-state index in [2.05, 4.69) is 104 Å². The van der Waals surface area contributed by atoms with Crippen molar-refractivity contribution in [2.24, 2.45) is 4.99 Å². The van der Waals surface area contributed by atoms with E-state index in [4.69, 9.17) is 15.6 Å². The van der Waals surface area contributed by atoms with Crippen LogP contribution in [0.4, 0.5) is 0 Å². The first-order valence-corrected chi connectivity index (χ1v) is 38.4. The number of aliphatic imine (C=N–C) groups is 1. The molecule has 3 nitrogen and oxygen atoms in total. The molecule has 0 bridgehead atoms. The molecule has 0 radical (unpaired) electrons. The molecule has 7 aromatic rings. The van der Waals surface area contributed by atoms with Gasteiger partial charge in [0, 0.05) is 31.7 Å². The molecule has 1 atom stereocenters. The summed E-state index contributed by atoms with van der Waals surface area (Å²) in [4.78, 5) is 5.29. The van der Waals surface area contributed by atoms with Gasteiger partial charge < -0.3 is 10.6 Å². The summed E-state index contributed by atoms with van der Waals surface area (Å²) in [7, 11) is -0.0446. The van der Waals surface area contributed by atoms with E-state index in [1.165, 1.54) is 141 Å². The quantitative estimate of drug-likeness (QED) is 0.0704. The van der Waals surface area contributed by atoms with E-state index in [-0.39, 0.29) is 79.3 Å². The SMILES string of the molecule is CCCC(=NC(C)(C)C)P(C1CCCCC1)C1CCCCC1.CC[N-]C([N-]C(C)(C)C)P(C1CCCCC1)C1CCCCC1.[CH2-]c1ccccc1.[CH2-]c1ccccc1.[CH2-]c1ccccc1.[CH2-]c1ccccc1.[CH2-]c1ccccc1.[CH2-]c1ccccc1.[CH2-]c1ccccc1.[Zr+4].[Zr]. The Bertz CT molecular complexity index is 2400. The van der Waals surface area contributed by atoms with Crippen LogP contribution in [-0.4, -0.2) is 51.6 Å². The van der Waals surface area contributed by atoms with Gasteiger partial charge in [-0.25, -0.2) is 5.91 Å². The molecule has 4 saturated carbocycles. The van der Waals surface area contributed by atoms with Gasteiger partial charge in [0.15, 0.2) is 0 Å². The van der Waals surface area contributed by atoms with Crippen molar-refractivity contribution < 1.29 is 52.4 Å². The van der Waals surface area contributed by atoms with Crippen LogP contribution < -0.4 is 0 Å².